The number of carbonyl (C=O) groups is 1. The Hall–Kier alpha value is -0.246. The molecule has 0 aliphatic carbocycles. The number of amides is 1. The first-order valence-corrected chi connectivity index (χ1v) is 10.8. The molecule has 0 spiro atoms. The standard InChI is InChI=1S/C23H38N2O.CH3.Y/c1-5-7-15-21(25(16-8-6-2)17-10-9-11-18-25)23(26)24-22-19(3)13-12-14-20(22)4;;/h12-14,21H,5-11,15-18H2,1-4H3;1H3;/q;-1;/p+1. The summed E-state index contributed by atoms with van der Waals surface area (Å²) in [7, 11) is 0. The zero-order chi connectivity index (χ0) is 19.0. The second-order valence-corrected chi connectivity index (χ2v) is 8.22. The molecule has 0 aromatic heterocycles. The van der Waals surface area contributed by atoms with E-state index in [4.69, 9.17) is 0 Å². The number of nitrogens with zero attached hydrogens (tertiary/aromatic N) is 1. The first kappa shape index (κ1) is 27.8. The second-order valence-electron chi connectivity index (χ2n) is 8.22. The average Bonchev–Trinajstić information content (AvgIpc) is 2.64. The second kappa shape index (κ2) is 13.9. The van der Waals surface area contributed by atoms with Crippen LogP contribution in [0, 0.1) is 21.3 Å². The maximum absolute atomic E-state index is 13.5. The van der Waals surface area contributed by atoms with E-state index in [0.29, 0.717) is 0 Å². The molecule has 1 aromatic rings. The number of hydrogen-bond donors (Lipinski definition) is 1. The van der Waals surface area contributed by atoms with Crippen LogP contribution in [0.25, 0.3) is 0 Å². The third kappa shape index (κ3) is 7.22. The topological polar surface area (TPSA) is 29.1 Å². The molecule has 1 amide bonds. The van der Waals surface area contributed by atoms with Gasteiger partial charge in [-0.1, -0.05) is 44.9 Å². The summed E-state index contributed by atoms with van der Waals surface area (Å²) in [6.07, 6.45) is 9.59. The number of piperidine rings is 1. The number of nitrogens with one attached hydrogen (secondary N) is 1. The number of quaternary nitrogens is 1. The number of unbranched alkanes of at least 4 members (excludes halogenated alkanes) is 2. The van der Waals surface area contributed by atoms with Crippen LogP contribution in [0.4, 0.5) is 5.69 Å². The molecular formula is C24H42N2OY. The number of para-hydroxylation sites is 1. The Labute approximate surface area is 199 Å². The maximum atomic E-state index is 13.5. The van der Waals surface area contributed by atoms with Gasteiger partial charge in [-0.15, -0.1) is 0 Å². The Morgan fingerprint density at radius 3 is 2.14 bits per heavy atom. The van der Waals surface area contributed by atoms with Gasteiger partial charge in [0, 0.05) is 44.8 Å². The summed E-state index contributed by atoms with van der Waals surface area (Å²) in [5.41, 5.74) is 3.34. The Kier molecular flexibility index (Phi) is 13.8. The molecule has 1 fully saturated rings. The van der Waals surface area contributed by atoms with Gasteiger partial charge >= 0.3 is 0 Å². The Morgan fingerprint density at radius 1 is 1.04 bits per heavy atom. The largest absolute Gasteiger partial charge is 0.358 e. The van der Waals surface area contributed by atoms with Crippen LogP contribution in [0.15, 0.2) is 18.2 Å². The van der Waals surface area contributed by atoms with Crippen LogP contribution in [-0.2, 0) is 37.5 Å². The fourth-order valence-electron chi connectivity index (χ4n) is 4.58. The van der Waals surface area contributed by atoms with E-state index in [9.17, 15) is 4.79 Å². The quantitative estimate of drug-likeness (QED) is 0.351. The van der Waals surface area contributed by atoms with E-state index >= 15 is 0 Å². The van der Waals surface area contributed by atoms with Crippen LogP contribution in [0.5, 0.6) is 0 Å². The summed E-state index contributed by atoms with van der Waals surface area (Å²) in [6, 6.07) is 6.34. The number of carbonyl (C=O) groups excluding carboxylic acids is 1. The smallest absolute Gasteiger partial charge is 0.282 e. The molecule has 1 saturated heterocycles. The van der Waals surface area contributed by atoms with Gasteiger partial charge in [0.15, 0.2) is 6.04 Å². The summed E-state index contributed by atoms with van der Waals surface area (Å²) < 4.78 is 1.02. The van der Waals surface area contributed by atoms with Crippen LogP contribution < -0.4 is 5.32 Å². The van der Waals surface area contributed by atoms with Crippen molar-refractivity contribution in [3.63, 3.8) is 0 Å². The van der Waals surface area contributed by atoms with Crippen LogP contribution in [0.3, 0.4) is 0 Å². The molecule has 157 valence electrons. The van der Waals surface area contributed by atoms with Gasteiger partial charge in [0.2, 0.25) is 0 Å². The molecule has 1 aromatic carbocycles. The third-order valence-electron chi connectivity index (χ3n) is 6.19. The number of anilines is 1. The Balaban J connectivity index is 0.00000364. The van der Waals surface area contributed by atoms with Crippen LogP contribution in [0.1, 0.15) is 76.3 Å². The fourth-order valence-corrected chi connectivity index (χ4v) is 4.58. The molecule has 1 aliphatic rings. The number of aryl methyl sites for hydroxylation is 2. The van der Waals surface area contributed by atoms with E-state index in [-0.39, 0.29) is 52.1 Å². The van der Waals surface area contributed by atoms with Crippen molar-refractivity contribution < 1.29 is 42.0 Å². The maximum Gasteiger partial charge on any atom is 0.282 e. The minimum atomic E-state index is 0. The van der Waals surface area contributed by atoms with Gasteiger partial charge in [-0.25, -0.2) is 0 Å². The number of benzene rings is 1. The van der Waals surface area contributed by atoms with E-state index in [1.54, 1.807) is 0 Å². The molecule has 3 nitrogen and oxygen atoms in total. The van der Waals surface area contributed by atoms with Gasteiger partial charge in [-0.3, -0.25) is 4.79 Å². The van der Waals surface area contributed by atoms with Crippen molar-refractivity contribution >= 4 is 11.6 Å². The van der Waals surface area contributed by atoms with E-state index in [1.165, 1.54) is 45.2 Å². The summed E-state index contributed by atoms with van der Waals surface area (Å²) in [4.78, 5) is 13.5. The van der Waals surface area contributed by atoms with E-state index < -0.39 is 0 Å². The molecule has 1 atom stereocenters. The van der Waals surface area contributed by atoms with Gasteiger partial charge < -0.3 is 17.2 Å². The predicted molar refractivity (Wildman–Crippen MR) is 118 cm³/mol. The van der Waals surface area contributed by atoms with Crippen LogP contribution in [0.2, 0.25) is 0 Å². The molecule has 0 saturated carbocycles. The van der Waals surface area contributed by atoms with Gasteiger partial charge in [0.25, 0.3) is 5.91 Å². The zero-order valence-electron chi connectivity index (χ0n) is 19.0. The number of hydrogen-bond acceptors (Lipinski definition) is 1. The molecule has 1 heterocycles. The Bertz CT molecular complexity index is 562. The first-order valence-electron chi connectivity index (χ1n) is 10.8. The molecular weight excluding hydrogens is 421 g/mol. The normalized spacial score (nSPS) is 16.4. The van der Waals surface area contributed by atoms with Crippen molar-refractivity contribution in [3.8, 4) is 0 Å². The molecule has 2 rings (SSSR count). The zero-order valence-corrected chi connectivity index (χ0v) is 21.9. The van der Waals surface area contributed by atoms with Crippen molar-refractivity contribution in [2.75, 3.05) is 25.0 Å². The van der Waals surface area contributed by atoms with E-state index in [1.807, 2.05) is 0 Å². The third-order valence-corrected chi connectivity index (χ3v) is 6.19. The van der Waals surface area contributed by atoms with Crippen molar-refractivity contribution in [2.45, 2.75) is 85.1 Å². The molecule has 1 radical (unpaired) electrons. The number of rotatable bonds is 9. The Morgan fingerprint density at radius 2 is 1.61 bits per heavy atom. The van der Waals surface area contributed by atoms with Crippen LogP contribution >= 0.6 is 0 Å². The minimum absolute atomic E-state index is 0. The van der Waals surface area contributed by atoms with Crippen molar-refractivity contribution in [2.24, 2.45) is 0 Å². The predicted octanol–water partition coefficient (Wildman–Crippen LogP) is 6.05. The van der Waals surface area contributed by atoms with Gasteiger partial charge in [0.1, 0.15) is 0 Å². The van der Waals surface area contributed by atoms with E-state index in [2.05, 4.69) is 51.2 Å². The monoisotopic (exact) mass is 463 g/mol. The summed E-state index contributed by atoms with van der Waals surface area (Å²) in [5.74, 6) is 0.244. The summed E-state index contributed by atoms with van der Waals surface area (Å²) in [5, 5.41) is 3.33. The summed E-state index contributed by atoms with van der Waals surface area (Å²) >= 11 is 0. The van der Waals surface area contributed by atoms with Crippen molar-refractivity contribution in [1.29, 1.82) is 0 Å². The van der Waals surface area contributed by atoms with Crippen LogP contribution in [-0.4, -0.2) is 36.1 Å². The van der Waals surface area contributed by atoms with Gasteiger partial charge in [0.05, 0.1) is 19.6 Å². The first-order chi connectivity index (χ1) is 12.5. The molecule has 1 unspecified atom stereocenters. The molecule has 0 bridgehead atoms. The van der Waals surface area contributed by atoms with E-state index in [0.717, 1.165) is 47.1 Å². The molecule has 1 N–H and O–H groups in total. The SMILES string of the molecule is CCCCC(C(=O)Nc1c(C)cccc1C)[N+]1(CCCC)CCCCC1.[CH3-].[Y]. The molecule has 28 heavy (non-hydrogen) atoms. The van der Waals surface area contributed by atoms with Crippen molar-refractivity contribution in [1.82, 2.24) is 0 Å². The summed E-state index contributed by atoms with van der Waals surface area (Å²) in [6.45, 7) is 12.2. The number of likely N-dealkylation sites (tertiary alicyclic amines) is 1. The minimum Gasteiger partial charge on any atom is -0.358 e. The van der Waals surface area contributed by atoms with Crippen molar-refractivity contribution in [3.05, 3.63) is 36.8 Å². The fraction of sp³-hybridized carbons (Fsp3) is 0.667. The average molecular weight is 464 g/mol. The molecule has 4 heteroatoms. The molecule has 1 aliphatic heterocycles. The van der Waals surface area contributed by atoms with Gasteiger partial charge in [-0.2, -0.15) is 0 Å². The van der Waals surface area contributed by atoms with Gasteiger partial charge in [-0.05, 0) is 57.1 Å².